The fourth-order valence-corrected chi connectivity index (χ4v) is 3.58. The van der Waals surface area contributed by atoms with Crippen LogP contribution >= 0.6 is 11.6 Å². The predicted octanol–water partition coefficient (Wildman–Crippen LogP) is 3.66. The van der Waals surface area contributed by atoms with Crippen LogP contribution in [0.2, 0.25) is 5.02 Å². The van der Waals surface area contributed by atoms with Crippen LogP contribution in [0, 0.1) is 10.1 Å². The van der Waals surface area contributed by atoms with Gasteiger partial charge < -0.3 is 4.90 Å². The van der Waals surface area contributed by atoms with E-state index in [0.717, 1.165) is 16.6 Å². The average Bonchev–Trinajstić information content (AvgIpc) is 3.04. The summed E-state index contributed by atoms with van der Waals surface area (Å²) in [5.41, 5.74) is 3.07. The first-order valence-electron chi connectivity index (χ1n) is 8.17. The molecule has 1 aliphatic heterocycles. The van der Waals surface area contributed by atoms with E-state index in [0.29, 0.717) is 23.7 Å². The summed E-state index contributed by atoms with van der Waals surface area (Å²) in [6.45, 7) is 2.41. The lowest BCUT2D eigenvalue weighted by Crippen LogP contribution is -2.39. The van der Waals surface area contributed by atoms with E-state index >= 15 is 0 Å². The third kappa shape index (κ3) is 2.70. The van der Waals surface area contributed by atoms with E-state index in [1.807, 2.05) is 6.92 Å². The second-order valence-corrected chi connectivity index (χ2v) is 6.75. The normalized spacial score (nSPS) is 16.5. The highest BCUT2D eigenvalue weighted by Gasteiger charge is 2.30. The maximum atomic E-state index is 13.0. The molecule has 1 atom stereocenters. The molecule has 2 aromatic heterocycles. The molecule has 132 valence electrons. The fourth-order valence-electron chi connectivity index (χ4n) is 3.42. The number of benzene rings is 1. The number of non-ortho nitro benzene ring substituents is 1. The largest absolute Gasteiger partial charge is 0.330 e. The highest BCUT2D eigenvalue weighted by atomic mass is 35.5. The van der Waals surface area contributed by atoms with Crippen molar-refractivity contribution in [1.29, 1.82) is 0 Å². The Bertz CT molecular complexity index is 1050. The molecule has 7 nitrogen and oxygen atoms in total. The first-order chi connectivity index (χ1) is 12.4. The second kappa shape index (κ2) is 6.10. The maximum Gasteiger partial charge on any atom is 0.274 e. The molecule has 26 heavy (non-hydrogen) atoms. The Morgan fingerprint density at radius 1 is 1.31 bits per heavy atom. The first-order valence-corrected chi connectivity index (χ1v) is 8.55. The molecule has 0 spiro atoms. The van der Waals surface area contributed by atoms with Crippen LogP contribution in [0.15, 0.2) is 42.6 Å². The predicted molar refractivity (Wildman–Crippen MR) is 96.5 cm³/mol. The summed E-state index contributed by atoms with van der Waals surface area (Å²) in [5.74, 6) is -0.165. The fraction of sp³-hybridized carbons (Fsp3) is 0.222. The summed E-state index contributed by atoms with van der Waals surface area (Å²) in [6.07, 6.45) is 2.23. The van der Waals surface area contributed by atoms with Gasteiger partial charge in [-0.3, -0.25) is 14.9 Å². The van der Waals surface area contributed by atoms with Gasteiger partial charge in [0.05, 0.1) is 21.5 Å². The Hall–Kier alpha value is -2.93. The van der Waals surface area contributed by atoms with Crippen LogP contribution in [0.1, 0.15) is 34.6 Å². The van der Waals surface area contributed by atoms with E-state index in [1.54, 1.807) is 45.9 Å². The van der Waals surface area contributed by atoms with E-state index in [1.165, 1.54) is 6.07 Å². The molecule has 1 amide bonds. The first kappa shape index (κ1) is 16.5. The smallest absolute Gasteiger partial charge is 0.274 e. The third-order valence-corrected chi connectivity index (χ3v) is 5.00. The molecule has 1 aliphatic rings. The number of nitro groups is 1. The molecule has 0 bridgehead atoms. The van der Waals surface area contributed by atoms with Crippen LogP contribution in [-0.2, 0) is 6.42 Å². The minimum Gasteiger partial charge on any atom is -0.330 e. The van der Waals surface area contributed by atoms with Gasteiger partial charge in [-0.05, 0) is 48.7 Å². The molecule has 3 heterocycles. The number of nitro benzene ring substituents is 1. The Morgan fingerprint density at radius 2 is 2.12 bits per heavy atom. The lowest BCUT2D eigenvalue weighted by molar-refractivity contribution is -0.384. The summed E-state index contributed by atoms with van der Waals surface area (Å²) in [5, 5.41) is 15.8. The molecule has 0 radical (unpaired) electrons. The molecular weight excluding hydrogens is 356 g/mol. The number of amides is 1. The lowest BCUT2D eigenvalue weighted by Gasteiger charge is -2.34. The van der Waals surface area contributed by atoms with Gasteiger partial charge in [0.1, 0.15) is 0 Å². The number of hydrogen-bond acceptors (Lipinski definition) is 4. The zero-order chi connectivity index (χ0) is 18.4. The van der Waals surface area contributed by atoms with Crippen LogP contribution < -0.4 is 0 Å². The standard InChI is InChI=1S/C18H15ClN4O3/c1-11-16-5-4-15(23(25)26)8-12(16)6-7-21(11)18(24)17-9-14-3-2-13(19)10-22(14)20-17/h2-5,8-11H,6-7H2,1H3. The molecule has 4 rings (SSSR count). The molecule has 3 aromatic rings. The zero-order valence-corrected chi connectivity index (χ0v) is 14.7. The summed E-state index contributed by atoms with van der Waals surface area (Å²) in [4.78, 5) is 25.3. The molecule has 8 heteroatoms. The van der Waals surface area contributed by atoms with Crippen molar-refractivity contribution < 1.29 is 9.72 Å². The minimum absolute atomic E-state index is 0.0768. The van der Waals surface area contributed by atoms with Crippen molar-refractivity contribution >= 4 is 28.7 Å². The Kier molecular flexibility index (Phi) is 3.88. The molecule has 0 saturated carbocycles. The van der Waals surface area contributed by atoms with Crippen LogP contribution in [0.25, 0.3) is 5.52 Å². The number of nitrogens with zero attached hydrogens (tertiary/aromatic N) is 4. The Balaban J connectivity index is 1.65. The van der Waals surface area contributed by atoms with E-state index < -0.39 is 4.92 Å². The van der Waals surface area contributed by atoms with Gasteiger partial charge in [-0.25, -0.2) is 4.52 Å². The topological polar surface area (TPSA) is 80.8 Å². The van der Waals surface area contributed by atoms with Gasteiger partial charge in [-0.15, -0.1) is 0 Å². The van der Waals surface area contributed by atoms with Gasteiger partial charge in [0, 0.05) is 24.9 Å². The zero-order valence-electron chi connectivity index (χ0n) is 13.9. The summed E-state index contributed by atoms with van der Waals surface area (Å²) >= 11 is 5.97. The summed E-state index contributed by atoms with van der Waals surface area (Å²) < 4.78 is 1.58. The van der Waals surface area contributed by atoms with Gasteiger partial charge in [0.2, 0.25) is 0 Å². The quantitative estimate of drug-likeness (QED) is 0.509. The Labute approximate surface area is 153 Å². The third-order valence-electron chi connectivity index (χ3n) is 4.78. The summed E-state index contributed by atoms with van der Waals surface area (Å²) in [6, 6.07) is 9.93. The average molecular weight is 371 g/mol. The van der Waals surface area contributed by atoms with Crippen molar-refractivity contribution in [3.63, 3.8) is 0 Å². The molecule has 1 aromatic carbocycles. The number of aromatic nitrogens is 2. The number of carbonyl (C=O) groups is 1. The number of halogens is 1. The van der Waals surface area contributed by atoms with Crippen molar-refractivity contribution in [3.8, 4) is 0 Å². The second-order valence-electron chi connectivity index (χ2n) is 6.31. The van der Waals surface area contributed by atoms with Crippen molar-refractivity contribution in [1.82, 2.24) is 14.5 Å². The van der Waals surface area contributed by atoms with E-state index in [9.17, 15) is 14.9 Å². The van der Waals surface area contributed by atoms with Crippen molar-refractivity contribution in [2.24, 2.45) is 0 Å². The number of fused-ring (bicyclic) bond motifs is 2. The molecule has 0 fully saturated rings. The van der Waals surface area contributed by atoms with E-state index in [4.69, 9.17) is 11.6 Å². The van der Waals surface area contributed by atoms with Gasteiger partial charge in [-0.1, -0.05) is 11.6 Å². The molecule has 0 aliphatic carbocycles. The van der Waals surface area contributed by atoms with Gasteiger partial charge in [0.15, 0.2) is 5.69 Å². The lowest BCUT2D eigenvalue weighted by atomic mass is 9.93. The van der Waals surface area contributed by atoms with Crippen molar-refractivity contribution in [3.05, 3.63) is 74.6 Å². The number of hydrogen-bond donors (Lipinski definition) is 0. The molecule has 1 unspecified atom stereocenters. The van der Waals surface area contributed by atoms with Crippen LogP contribution in [0.5, 0.6) is 0 Å². The highest BCUT2D eigenvalue weighted by Crippen LogP contribution is 2.32. The van der Waals surface area contributed by atoms with Gasteiger partial charge in [-0.2, -0.15) is 5.10 Å². The van der Waals surface area contributed by atoms with Gasteiger partial charge >= 0.3 is 0 Å². The van der Waals surface area contributed by atoms with E-state index in [2.05, 4.69) is 5.10 Å². The van der Waals surface area contributed by atoms with Crippen molar-refractivity contribution in [2.75, 3.05) is 6.54 Å². The maximum absolute atomic E-state index is 13.0. The number of pyridine rings is 1. The van der Waals surface area contributed by atoms with Crippen LogP contribution in [0.3, 0.4) is 0 Å². The summed E-state index contributed by atoms with van der Waals surface area (Å²) in [7, 11) is 0. The molecular formula is C18H15ClN4O3. The SMILES string of the molecule is CC1c2ccc([N+](=O)[O-])cc2CCN1C(=O)c1cc2ccc(Cl)cn2n1. The Morgan fingerprint density at radius 3 is 2.88 bits per heavy atom. The van der Waals surface area contributed by atoms with Crippen molar-refractivity contribution in [2.45, 2.75) is 19.4 Å². The van der Waals surface area contributed by atoms with E-state index in [-0.39, 0.29) is 17.6 Å². The van der Waals surface area contributed by atoms with Gasteiger partial charge in [0.25, 0.3) is 11.6 Å². The number of rotatable bonds is 2. The molecule has 0 N–H and O–H groups in total. The minimum atomic E-state index is -0.399. The van der Waals surface area contributed by atoms with Crippen LogP contribution in [0.4, 0.5) is 5.69 Å². The number of carbonyl (C=O) groups excluding carboxylic acids is 1. The van der Waals surface area contributed by atoms with Crippen LogP contribution in [-0.4, -0.2) is 31.9 Å². The monoisotopic (exact) mass is 370 g/mol. The molecule has 0 saturated heterocycles. The highest BCUT2D eigenvalue weighted by molar-refractivity contribution is 6.30.